The van der Waals surface area contributed by atoms with Crippen LogP contribution in [0.2, 0.25) is 5.02 Å². The van der Waals surface area contributed by atoms with Crippen molar-refractivity contribution in [2.24, 2.45) is 0 Å². The van der Waals surface area contributed by atoms with Gasteiger partial charge in [-0.1, -0.05) is 18.5 Å². The van der Waals surface area contributed by atoms with Gasteiger partial charge in [-0.05, 0) is 12.5 Å². The van der Waals surface area contributed by atoms with Crippen LogP contribution in [-0.4, -0.2) is 17.4 Å². The number of carbonyl (C=O) groups is 1. The van der Waals surface area contributed by atoms with Gasteiger partial charge in [0.1, 0.15) is 5.56 Å². The maximum Gasteiger partial charge on any atom is 0.260 e. The summed E-state index contributed by atoms with van der Waals surface area (Å²) < 4.78 is 0. The summed E-state index contributed by atoms with van der Waals surface area (Å²) in [7, 11) is 0. The van der Waals surface area contributed by atoms with Crippen molar-refractivity contribution < 1.29 is 4.79 Å². The van der Waals surface area contributed by atoms with Crippen molar-refractivity contribution in [2.45, 2.75) is 13.3 Å². The highest BCUT2D eigenvalue weighted by molar-refractivity contribution is 6.30. The number of H-pyrrole nitrogens is 1. The lowest BCUT2D eigenvalue weighted by molar-refractivity contribution is 0.0952. The molecule has 0 aliphatic heterocycles. The van der Waals surface area contributed by atoms with E-state index in [1.807, 2.05) is 6.92 Å². The maximum atomic E-state index is 11.4. The quantitative estimate of drug-likeness (QED) is 0.794. The summed E-state index contributed by atoms with van der Waals surface area (Å²) >= 11 is 5.64. The number of pyridine rings is 1. The number of hydrogen-bond donors (Lipinski definition) is 2. The van der Waals surface area contributed by atoms with E-state index in [9.17, 15) is 9.59 Å². The predicted octanol–water partition coefficient (Wildman–Crippen LogP) is 1.17. The van der Waals surface area contributed by atoms with Crippen molar-refractivity contribution in [1.82, 2.24) is 10.3 Å². The zero-order valence-electron chi connectivity index (χ0n) is 7.76. The van der Waals surface area contributed by atoms with E-state index in [0.717, 1.165) is 6.42 Å². The van der Waals surface area contributed by atoms with Gasteiger partial charge < -0.3 is 10.3 Å². The Kier molecular flexibility index (Phi) is 3.71. The number of nitrogens with one attached hydrogen (secondary N) is 2. The van der Waals surface area contributed by atoms with Crippen LogP contribution in [-0.2, 0) is 0 Å². The molecule has 1 rings (SSSR count). The SMILES string of the molecule is CCCNC(=O)c1cc(Cl)c[nH]c1=O. The van der Waals surface area contributed by atoms with E-state index in [4.69, 9.17) is 11.6 Å². The first-order valence-electron chi connectivity index (χ1n) is 4.31. The second-order valence-electron chi connectivity index (χ2n) is 2.82. The van der Waals surface area contributed by atoms with Crippen LogP contribution in [0.3, 0.4) is 0 Å². The first kappa shape index (κ1) is 10.8. The van der Waals surface area contributed by atoms with Crippen LogP contribution in [0.1, 0.15) is 23.7 Å². The predicted molar refractivity (Wildman–Crippen MR) is 54.7 cm³/mol. The molecule has 0 saturated heterocycles. The van der Waals surface area contributed by atoms with Crippen molar-refractivity contribution in [3.63, 3.8) is 0 Å². The second-order valence-corrected chi connectivity index (χ2v) is 3.25. The fourth-order valence-electron chi connectivity index (χ4n) is 0.960. The number of halogens is 1. The molecule has 1 amide bonds. The fraction of sp³-hybridized carbons (Fsp3) is 0.333. The van der Waals surface area contributed by atoms with Gasteiger partial charge in [0.15, 0.2) is 0 Å². The molecule has 0 aromatic carbocycles. The Labute approximate surface area is 86.3 Å². The average molecular weight is 215 g/mol. The molecule has 0 aliphatic carbocycles. The summed E-state index contributed by atoms with van der Waals surface area (Å²) in [6.45, 7) is 2.48. The fourth-order valence-corrected chi connectivity index (χ4v) is 1.12. The number of hydrogen-bond acceptors (Lipinski definition) is 2. The van der Waals surface area contributed by atoms with Crippen molar-refractivity contribution in [3.8, 4) is 0 Å². The van der Waals surface area contributed by atoms with E-state index in [2.05, 4.69) is 10.3 Å². The summed E-state index contributed by atoms with van der Waals surface area (Å²) in [5.41, 5.74) is -0.381. The molecule has 0 unspecified atom stereocenters. The van der Waals surface area contributed by atoms with Gasteiger partial charge in [-0.3, -0.25) is 9.59 Å². The van der Waals surface area contributed by atoms with Crippen LogP contribution in [0.4, 0.5) is 0 Å². The Balaban J connectivity index is 2.89. The third kappa shape index (κ3) is 2.60. The summed E-state index contributed by atoms with van der Waals surface area (Å²) in [6.07, 6.45) is 2.17. The Hall–Kier alpha value is -1.29. The van der Waals surface area contributed by atoms with Crippen molar-refractivity contribution in [1.29, 1.82) is 0 Å². The van der Waals surface area contributed by atoms with Gasteiger partial charge in [-0.2, -0.15) is 0 Å². The van der Waals surface area contributed by atoms with Crippen LogP contribution in [0.25, 0.3) is 0 Å². The highest BCUT2D eigenvalue weighted by Gasteiger charge is 2.09. The zero-order chi connectivity index (χ0) is 10.6. The van der Waals surface area contributed by atoms with Gasteiger partial charge in [-0.25, -0.2) is 0 Å². The molecule has 1 heterocycles. The van der Waals surface area contributed by atoms with Crippen molar-refractivity contribution >= 4 is 17.5 Å². The van der Waals surface area contributed by atoms with Crippen molar-refractivity contribution in [3.05, 3.63) is 33.2 Å². The minimum Gasteiger partial charge on any atom is -0.352 e. The lowest BCUT2D eigenvalue weighted by atomic mass is 10.2. The van der Waals surface area contributed by atoms with E-state index in [1.54, 1.807) is 0 Å². The van der Waals surface area contributed by atoms with E-state index in [-0.39, 0.29) is 5.56 Å². The molecule has 0 bridgehead atoms. The molecule has 14 heavy (non-hydrogen) atoms. The van der Waals surface area contributed by atoms with E-state index in [1.165, 1.54) is 12.3 Å². The van der Waals surface area contributed by atoms with Gasteiger partial charge in [0.05, 0.1) is 5.02 Å². The Morgan fingerprint density at radius 1 is 1.64 bits per heavy atom. The van der Waals surface area contributed by atoms with Crippen LogP contribution in [0.15, 0.2) is 17.1 Å². The first-order chi connectivity index (χ1) is 6.65. The minimum absolute atomic E-state index is 0.0472. The summed E-state index contributed by atoms with van der Waals surface area (Å²) in [5.74, 6) is -0.393. The van der Waals surface area contributed by atoms with E-state index in [0.29, 0.717) is 11.6 Å². The average Bonchev–Trinajstić information content (AvgIpc) is 2.18. The molecule has 76 valence electrons. The molecular weight excluding hydrogens is 204 g/mol. The van der Waals surface area contributed by atoms with Crippen LogP contribution >= 0.6 is 11.6 Å². The summed E-state index contributed by atoms with van der Waals surface area (Å²) in [6, 6.07) is 1.35. The van der Waals surface area contributed by atoms with Crippen LogP contribution in [0, 0.1) is 0 Å². The van der Waals surface area contributed by atoms with Crippen molar-refractivity contribution in [2.75, 3.05) is 6.54 Å². The van der Waals surface area contributed by atoms with Gasteiger partial charge in [0, 0.05) is 12.7 Å². The molecule has 0 aliphatic rings. The maximum absolute atomic E-state index is 11.4. The monoisotopic (exact) mass is 214 g/mol. The highest BCUT2D eigenvalue weighted by Crippen LogP contribution is 2.04. The Morgan fingerprint density at radius 2 is 2.36 bits per heavy atom. The number of rotatable bonds is 3. The Bertz CT molecular complexity index is 387. The first-order valence-corrected chi connectivity index (χ1v) is 4.69. The van der Waals surface area contributed by atoms with E-state index >= 15 is 0 Å². The zero-order valence-corrected chi connectivity index (χ0v) is 8.52. The molecule has 1 aromatic heterocycles. The van der Waals surface area contributed by atoms with Gasteiger partial charge in [-0.15, -0.1) is 0 Å². The molecule has 0 atom stereocenters. The summed E-state index contributed by atoms with van der Waals surface area (Å²) in [5, 5.41) is 2.94. The second kappa shape index (κ2) is 4.81. The summed E-state index contributed by atoms with van der Waals surface area (Å²) in [4.78, 5) is 25.0. The third-order valence-electron chi connectivity index (χ3n) is 1.65. The number of carbonyl (C=O) groups excluding carboxylic acids is 1. The Morgan fingerprint density at radius 3 is 3.00 bits per heavy atom. The van der Waals surface area contributed by atoms with E-state index < -0.39 is 11.5 Å². The minimum atomic E-state index is -0.428. The molecular formula is C9H11ClN2O2. The topological polar surface area (TPSA) is 62.0 Å². The molecule has 0 radical (unpaired) electrons. The molecule has 0 fully saturated rings. The molecule has 5 heteroatoms. The lowest BCUT2D eigenvalue weighted by Crippen LogP contribution is -2.29. The smallest absolute Gasteiger partial charge is 0.260 e. The number of aromatic amines is 1. The molecule has 1 aromatic rings. The molecule has 0 spiro atoms. The largest absolute Gasteiger partial charge is 0.352 e. The van der Waals surface area contributed by atoms with Gasteiger partial charge in [0.2, 0.25) is 0 Å². The normalized spacial score (nSPS) is 9.86. The number of aromatic nitrogens is 1. The third-order valence-corrected chi connectivity index (χ3v) is 1.87. The standard InChI is InChI=1S/C9H11ClN2O2/c1-2-3-11-8(13)7-4-6(10)5-12-9(7)14/h4-5H,2-3H2,1H3,(H,11,13)(H,12,14). The molecule has 4 nitrogen and oxygen atoms in total. The van der Waals surface area contributed by atoms with Gasteiger partial charge >= 0.3 is 0 Å². The van der Waals surface area contributed by atoms with Gasteiger partial charge in [0.25, 0.3) is 11.5 Å². The number of amides is 1. The van der Waals surface area contributed by atoms with Crippen LogP contribution < -0.4 is 10.9 Å². The molecule has 0 saturated carbocycles. The highest BCUT2D eigenvalue weighted by atomic mass is 35.5. The molecule has 2 N–H and O–H groups in total. The van der Waals surface area contributed by atoms with Crippen LogP contribution in [0.5, 0.6) is 0 Å². The lowest BCUT2D eigenvalue weighted by Gasteiger charge is -2.02.